The van der Waals surface area contributed by atoms with E-state index in [0.29, 0.717) is 45.7 Å². The zero-order chi connectivity index (χ0) is 27.7. The number of hydrogen-bond donors (Lipinski definition) is 1. The third-order valence-electron chi connectivity index (χ3n) is 8.06. The van der Waals surface area contributed by atoms with Gasteiger partial charge in [-0.05, 0) is 93.0 Å². The van der Waals surface area contributed by atoms with E-state index in [1.165, 1.54) is 31.4 Å². The van der Waals surface area contributed by atoms with Gasteiger partial charge in [0.15, 0.2) is 5.69 Å². The Hall–Kier alpha value is -2.96. The maximum absolute atomic E-state index is 13.7. The zero-order valence-corrected chi connectivity index (χ0v) is 23.7. The van der Waals surface area contributed by atoms with Crippen molar-refractivity contribution < 1.29 is 14.0 Å². The van der Waals surface area contributed by atoms with Crippen molar-refractivity contribution in [3.63, 3.8) is 0 Å². The van der Waals surface area contributed by atoms with Gasteiger partial charge in [-0.15, -0.1) is 0 Å². The Kier molecular flexibility index (Phi) is 8.24. The van der Waals surface area contributed by atoms with Gasteiger partial charge < -0.3 is 5.32 Å². The largest absolute Gasteiger partial charge is 0.348 e. The Bertz CT molecular complexity index is 1420. The summed E-state index contributed by atoms with van der Waals surface area (Å²) >= 11 is 12.8. The predicted molar refractivity (Wildman–Crippen MR) is 154 cm³/mol. The average molecular weight is 569 g/mol. The molecule has 0 spiro atoms. The first kappa shape index (κ1) is 27.6. The summed E-state index contributed by atoms with van der Waals surface area (Å²) in [7, 11) is 0. The summed E-state index contributed by atoms with van der Waals surface area (Å²) in [6, 6.07) is 11.3. The number of Topliss-reactive ketones (excluding diaryl/α,β-unsaturated/α-hetero) is 1. The van der Waals surface area contributed by atoms with E-state index in [0.717, 1.165) is 29.7 Å². The lowest BCUT2D eigenvalue weighted by atomic mass is 9.80. The smallest absolute Gasteiger partial charge is 0.272 e. The number of allylic oxidation sites excluding steroid dienone is 1. The van der Waals surface area contributed by atoms with Gasteiger partial charge in [0.25, 0.3) is 5.91 Å². The molecule has 2 atom stereocenters. The van der Waals surface area contributed by atoms with Gasteiger partial charge in [-0.3, -0.25) is 9.59 Å². The van der Waals surface area contributed by atoms with Crippen LogP contribution in [0.1, 0.15) is 79.7 Å². The molecule has 1 saturated carbocycles. The van der Waals surface area contributed by atoms with Crippen LogP contribution in [0.3, 0.4) is 0 Å². The molecule has 39 heavy (non-hydrogen) atoms. The lowest BCUT2D eigenvalue weighted by Crippen LogP contribution is -2.39. The molecule has 204 valence electrons. The highest BCUT2D eigenvalue weighted by atomic mass is 35.5. The number of halogens is 3. The van der Waals surface area contributed by atoms with E-state index in [1.807, 2.05) is 6.08 Å². The van der Waals surface area contributed by atoms with Crippen molar-refractivity contribution in [2.24, 2.45) is 11.8 Å². The van der Waals surface area contributed by atoms with Crippen LogP contribution in [0.5, 0.6) is 0 Å². The Balaban J connectivity index is 1.64. The Morgan fingerprint density at radius 3 is 2.46 bits per heavy atom. The summed E-state index contributed by atoms with van der Waals surface area (Å²) < 4.78 is 15.3. The first-order valence-corrected chi connectivity index (χ1v) is 14.3. The van der Waals surface area contributed by atoms with E-state index in [9.17, 15) is 14.0 Å². The van der Waals surface area contributed by atoms with Gasteiger partial charge in [0.05, 0.1) is 16.4 Å². The van der Waals surface area contributed by atoms with Crippen LogP contribution in [0.25, 0.3) is 17.3 Å². The van der Waals surface area contributed by atoms with Crippen molar-refractivity contribution in [2.45, 2.75) is 64.8 Å². The monoisotopic (exact) mass is 567 g/mol. The second-order valence-corrected chi connectivity index (χ2v) is 11.6. The van der Waals surface area contributed by atoms with Gasteiger partial charge in [-0.25, -0.2) is 9.07 Å². The Morgan fingerprint density at radius 2 is 1.79 bits per heavy atom. The number of nitrogens with zero attached hydrogens (tertiary/aromatic N) is 2. The molecule has 8 heteroatoms. The molecule has 1 aromatic heterocycles. The van der Waals surface area contributed by atoms with E-state index in [1.54, 1.807) is 41.9 Å². The fourth-order valence-electron chi connectivity index (χ4n) is 5.87. The van der Waals surface area contributed by atoms with Crippen LogP contribution in [-0.2, 0) is 11.2 Å². The van der Waals surface area contributed by atoms with Gasteiger partial charge in [0, 0.05) is 22.5 Å². The van der Waals surface area contributed by atoms with Crippen molar-refractivity contribution in [3.8, 4) is 5.69 Å². The van der Waals surface area contributed by atoms with Crippen LogP contribution in [0.2, 0.25) is 10.0 Å². The summed E-state index contributed by atoms with van der Waals surface area (Å²) in [5.74, 6) is -0.398. The molecule has 1 heterocycles. The minimum Gasteiger partial charge on any atom is -0.348 e. The van der Waals surface area contributed by atoms with Crippen LogP contribution in [0.4, 0.5) is 4.39 Å². The number of carbonyl (C=O) groups is 2. The number of nitrogens with one attached hydrogen (secondary N) is 1. The zero-order valence-electron chi connectivity index (χ0n) is 22.1. The number of rotatable bonds is 6. The molecule has 0 bridgehead atoms. The van der Waals surface area contributed by atoms with Crippen LogP contribution >= 0.6 is 23.2 Å². The van der Waals surface area contributed by atoms with Crippen molar-refractivity contribution >= 4 is 46.5 Å². The molecule has 0 radical (unpaired) electrons. The number of benzene rings is 2. The number of ketones is 1. The van der Waals surface area contributed by atoms with Gasteiger partial charge in [0.2, 0.25) is 0 Å². The summed E-state index contributed by atoms with van der Waals surface area (Å²) in [6.45, 7) is 3.64. The first-order valence-electron chi connectivity index (χ1n) is 13.6. The SMILES string of the molecule is CC(=O)C1CC(=Cc2ccc(F)cc2)c2c(c(C(=O)N[C@H](C)C3CCCCC3)nn2-c2ccc(Cl)cc2Cl)C1. The number of carbonyl (C=O) groups excluding carboxylic acids is 2. The minimum absolute atomic E-state index is 0.0131. The fraction of sp³-hybridized carbons (Fsp3) is 0.387. The lowest BCUT2D eigenvalue weighted by molar-refractivity contribution is -0.120. The lowest BCUT2D eigenvalue weighted by Gasteiger charge is -2.28. The van der Waals surface area contributed by atoms with Crippen molar-refractivity contribution in [3.05, 3.63) is 80.8 Å². The molecule has 2 aromatic carbocycles. The Labute approximate surface area is 238 Å². The third-order valence-corrected chi connectivity index (χ3v) is 8.60. The number of fused-ring (bicyclic) bond motifs is 1. The molecule has 2 aliphatic carbocycles. The molecule has 1 amide bonds. The molecule has 5 nitrogen and oxygen atoms in total. The standard InChI is InChI=1S/C31H32Cl2FN3O2/c1-18(21-6-4-3-5-7-21)35-31(39)29-26-16-22(19(2)38)15-23(14-20-8-11-25(34)12-9-20)30(26)37(36-29)28-13-10-24(32)17-27(28)33/h8-14,17-18,21-22H,3-7,15-16H2,1-2H3,(H,35,39)/t18-,22?/m1/s1. The van der Waals surface area contributed by atoms with Crippen molar-refractivity contribution in [1.29, 1.82) is 0 Å². The summed E-state index contributed by atoms with van der Waals surface area (Å²) in [5.41, 5.74) is 3.96. The second-order valence-electron chi connectivity index (χ2n) is 10.8. The maximum atomic E-state index is 13.7. The van der Waals surface area contributed by atoms with Gasteiger partial charge in [-0.2, -0.15) is 5.10 Å². The highest BCUT2D eigenvalue weighted by molar-refractivity contribution is 6.35. The average Bonchev–Trinajstić information content (AvgIpc) is 3.30. The minimum atomic E-state index is -0.327. The number of aromatic nitrogens is 2. The molecular formula is C31H32Cl2FN3O2. The maximum Gasteiger partial charge on any atom is 0.272 e. The second kappa shape index (κ2) is 11.6. The van der Waals surface area contributed by atoms with Gasteiger partial charge in [0.1, 0.15) is 11.6 Å². The van der Waals surface area contributed by atoms with Crippen molar-refractivity contribution in [1.82, 2.24) is 15.1 Å². The molecule has 3 aromatic rings. The van der Waals surface area contributed by atoms with E-state index < -0.39 is 0 Å². The first-order chi connectivity index (χ1) is 18.7. The van der Waals surface area contributed by atoms with E-state index in [-0.39, 0.29) is 29.5 Å². The quantitative estimate of drug-likeness (QED) is 0.331. The highest BCUT2D eigenvalue weighted by Gasteiger charge is 2.35. The fourth-order valence-corrected chi connectivity index (χ4v) is 6.35. The Morgan fingerprint density at radius 1 is 1.08 bits per heavy atom. The summed E-state index contributed by atoms with van der Waals surface area (Å²) in [5, 5.41) is 8.90. The third kappa shape index (κ3) is 5.97. The van der Waals surface area contributed by atoms with E-state index in [4.69, 9.17) is 28.3 Å². The van der Waals surface area contributed by atoms with Crippen LogP contribution < -0.4 is 5.32 Å². The molecule has 0 saturated heterocycles. The van der Waals surface area contributed by atoms with E-state index >= 15 is 0 Å². The molecule has 1 N–H and O–H groups in total. The molecule has 0 aliphatic heterocycles. The molecular weight excluding hydrogens is 536 g/mol. The predicted octanol–water partition coefficient (Wildman–Crippen LogP) is 7.71. The number of hydrogen-bond acceptors (Lipinski definition) is 3. The normalized spacial score (nSPS) is 19.5. The highest BCUT2D eigenvalue weighted by Crippen LogP contribution is 2.40. The van der Waals surface area contributed by atoms with Crippen LogP contribution in [-0.4, -0.2) is 27.5 Å². The number of amides is 1. The molecule has 2 aliphatic rings. The summed E-state index contributed by atoms with van der Waals surface area (Å²) in [4.78, 5) is 26.4. The topological polar surface area (TPSA) is 64.0 Å². The van der Waals surface area contributed by atoms with Gasteiger partial charge in [-0.1, -0.05) is 54.6 Å². The van der Waals surface area contributed by atoms with Gasteiger partial charge >= 0.3 is 0 Å². The molecule has 5 rings (SSSR count). The van der Waals surface area contributed by atoms with Crippen molar-refractivity contribution in [2.75, 3.05) is 0 Å². The van der Waals surface area contributed by atoms with Crippen LogP contribution in [0, 0.1) is 17.7 Å². The molecule has 1 fully saturated rings. The van der Waals surface area contributed by atoms with Crippen LogP contribution in [0.15, 0.2) is 42.5 Å². The van der Waals surface area contributed by atoms with E-state index in [2.05, 4.69) is 12.2 Å². The summed E-state index contributed by atoms with van der Waals surface area (Å²) in [6.07, 6.45) is 8.61. The molecule has 1 unspecified atom stereocenters.